The van der Waals surface area contributed by atoms with Gasteiger partial charge in [0.1, 0.15) is 5.82 Å². The Kier molecular flexibility index (Phi) is 6.49. The predicted molar refractivity (Wildman–Crippen MR) is 104 cm³/mol. The summed E-state index contributed by atoms with van der Waals surface area (Å²) in [5.74, 6) is 0.633. The summed E-state index contributed by atoms with van der Waals surface area (Å²) < 4.78 is 15.4. The van der Waals surface area contributed by atoms with Gasteiger partial charge in [-0.05, 0) is 40.3 Å². The molecular formula is C19H22ClFN6. The number of para-hydroxylation sites is 1. The largest absolute Gasteiger partial charge is 0.314 e. The fraction of sp³-hybridized carbons (Fsp3) is 0.316. The fourth-order valence-corrected chi connectivity index (χ4v) is 3.43. The zero-order valence-electron chi connectivity index (χ0n) is 14.8. The maximum atomic E-state index is 13.6. The van der Waals surface area contributed by atoms with Crippen molar-refractivity contribution in [3.8, 4) is 5.69 Å². The Labute approximate surface area is 163 Å². The lowest BCUT2D eigenvalue weighted by Gasteiger charge is -2.36. The molecule has 2 heterocycles. The number of nitrogens with zero attached hydrogens (tertiary/aromatic N) is 5. The van der Waals surface area contributed by atoms with Crippen LogP contribution < -0.4 is 5.32 Å². The van der Waals surface area contributed by atoms with Gasteiger partial charge in [-0.3, -0.25) is 4.90 Å². The van der Waals surface area contributed by atoms with Gasteiger partial charge in [-0.25, -0.2) is 4.39 Å². The standard InChI is InChI=1S/C19H21FN6.ClH/c20-16-6-4-5-15(13-16)18-14-21-10-12-25(18)11-9-19-22-23-24-26(19)17-7-2-1-3-8-17;/h1-8,13,18,21H,9-12,14H2;1H. The monoisotopic (exact) mass is 388 g/mol. The Morgan fingerprint density at radius 2 is 1.96 bits per heavy atom. The molecular weight excluding hydrogens is 367 g/mol. The van der Waals surface area contributed by atoms with E-state index in [0.717, 1.165) is 49.7 Å². The first-order valence-corrected chi connectivity index (χ1v) is 8.84. The zero-order chi connectivity index (χ0) is 17.8. The van der Waals surface area contributed by atoms with Gasteiger partial charge in [0.2, 0.25) is 0 Å². The van der Waals surface area contributed by atoms with Crippen molar-refractivity contribution in [3.63, 3.8) is 0 Å². The molecule has 1 atom stereocenters. The molecule has 1 saturated heterocycles. The average molecular weight is 389 g/mol. The lowest BCUT2D eigenvalue weighted by atomic mass is 10.0. The van der Waals surface area contributed by atoms with Crippen LogP contribution in [-0.2, 0) is 6.42 Å². The first-order chi connectivity index (χ1) is 12.8. The van der Waals surface area contributed by atoms with E-state index in [1.807, 2.05) is 36.4 Å². The highest BCUT2D eigenvalue weighted by atomic mass is 35.5. The molecule has 27 heavy (non-hydrogen) atoms. The number of tetrazole rings is 1. The SMILES string of the molecule is Cl.Fc1cccc(C2CNCCN2CCc2nnnn2-c2ccccc2)c1. The number of halogens is 2. The van der Waals surface area contributed by atoms with E-state index in [-0.39, 0.29) is 24.3 Å². The fourth-order valence-electron chi connectivity index (χ4n) is 3.43. The number of benzene rings is 2. The van der Waals surface area contributed by atoms with Crippen LogP contribution in [0.15, 0.2) is 54.6 Å². The minimum atomic E-state index is -0.193. The average Bonchev–Trinajstić information content (AvgIpc) is 3.16. The van der Waals surface area contributed by atoms with Crippen molar-refractivity contribution in [1.29, 1.82) is 0 Å². The second kappa shape index (κ2) is 9.03. The van der Waals surface area contributed by atoms with E-state index in [2.05, 4.69) is 25.7 Å². The summed E-state index contributed by atoms with van der Waals surface area (Å²) in [6.45, 7) is 3.46. The number of nitrogens with one attached hydrogen (secondary N) is 1. The molecule has 0 amide bonds. The van der Waals surface area contributed by atoms with Crippen molar-refractivity contribution in [2.75, 3.05) is 26.2 Å². The van der Waals surface area contributed by atoms with Crippen molar-refractivity contribution in [3.05, 3.63) is 71.8 Å². The third-order valence-corrected chi connectivity index (χ3v) is 4.75. The van der Waals surface area contributed by atoms with Gasteiger partial charge in [-0.15, -0.1) is 17.5 Å². The molecule has 6 nitrogen and oxygen atoms in total. The summed E-state index contributed by atoms with van der Waals surface area (Å²) in [6, 6.07) is 16.9. The number of rotatable bonds is 5. The third kappa shape index (κ3) is 4.50. The highest BCUT2D eigenvalue weighted by molar-refractivity contribution is 5.85. The van der Waals surface area contributed by atoms with E-state index in [1.165, 1.54) is 6.07 Å². The van der Waals surface area contributed by atoms with Gasteiger partial charge in [0.25, 0.3) is 0 Å². The molecule has 0 bridgehead atoms. The molecule has 1 unspecified atom stereocenters. The van der Waals surface area contributed by atoms with Crippen molar-refractivity contribution >= 4 is 12.4 Å². The molecule has 3 aromatic rings. The lowest BCUT2D eigenvalue weighted by Crippen LogP contribution is -2.46. The summed E-state index contributed by atoms with van der Waals surface area (Å²) in [5, 5.41) is 15.5. The minimum absolute atomic E-state index is 0. The highest BCUT2D eigenvalue weighted by Crippen LogP contribution is 2.23. The summed E-state index contributed by atoms with van der Waals surface area (Å²) in [4.78, 5) is 2.37. The van der Waals surface area contributed by atoms with Gasteiger partial charge >= 0.3 is 0 Å². The summed E-state index contributed by atoms with van der Waals surface area (Å²) >= 11 is 0. The molecule has 0 spiro atoms. The van der Waals surface area contributed by atoms with Gasteiger partial charge in [0.15, 0.2) is 5.82 Å². The van der Waals surface area contributed by atoms with E-state index < -0.39 is 0 Å². The second-order valence-electron chi connectivity index (χ2n) is 6.40. The Balaban J connectivity index is 0.00000210. The van der Waals surface area contributed by atoms with Crippen LogP contribution >= 0.6 is 12.4 Å². The molecule has 1 N–H and O–H groups in total. The van der Waals surface area contributed by atoms with Crippen LogP contribution in [0.2, 0.25) is 0 Å². The van der Waals surface area contributed by atoms with Gasteiger partial charge in [-0.1, -0.05) is 30.3 Å². The third-order valence-electron chi connectivity index (χ3n) is 4.75. The number of piperazine rings is 1. The van der Waals surface area contributed by atoms with Crippen molar-refractivity contribution in [2.24, 2.45) is 0 Å². The summed E-state index contributed by atoms with van der Waals surface area (Å²) in [5.41, 5.74) is 1.95. The molecule has 1 aliphatic heterocycles. The molecule has 1 fully saturated rings. The van der Waals surface area contributed by atoms with Crippen LogP contribution in [0.25, 0.3) is 5.69 Å². The Hall–Kier alpha value is -2.35. The normalized spacial score (nSPS) is 17.4. The van der Waals surface area contributed by atoms with Crippen molar-refractivity contribution < 1.29 is 4.39 Å². The van der Waals surface area contributed by atoms with Gasteiger partial charge in [0, 0.05) is 38.6 Å². The van der Waals surface area contributed by atoms with Crippen LogP contribution in [-0.4, -0.2) is 51.3 Å². The Morgan fingerprint density at radius 3 is 2.78 bits per heavy atom. The van der Waals surface area contributed by atoms with E-state index in [4.69, 9.17) is 0 Å². The zero-order valence-corrected chi connectivity index (χ0v) is 15.6. The first kappa shape index (κ1) is 19.4. The maximum Gasteiger partial charge on any atom is 0.157 e. The predicted octanol–water partition coefficient (Wildman–Crippen LogP) is 2.41. The topological polar surface area (TPSA) is 58.9 Å². The highest BCUT2D eigenvalue weighted by Gasteiger charge is 2.24. The number of hydrogen-bond acceptors (Lipinski definition) is 5. The summed E-state index contributed by atoms with van der Waals surface area (Å²) in [7, 11) is 0. The quantitative estimate of drug-likeness (QED) is 0.727. The lowest BCUT2D eigenvalue weighted by molar-refractivity contribution is 0.162. The molecule has 1 aromatic heterocycles. The molecule has 0 saturated carbocycles. The second-order valence-corrected chi connectivity index (χ2v) is 6.40. The van der Waals surface area contributed by atoms with E-state index in [9.17, 15) is 4.39 Å². The molecule has 2 aromatic carbocycles. The molecule has 142 valence electrons. The first-order valence-electron chi connectivity index (χ1n) is 8.84. The van der Waals surface area contributed by atoms with Crippen molar-refractivity contribution in [1.82, 2.24) is 30.4 Å². The van der Waals surface area contributed by atoms with Crippen LogP contribution in [0.5, 0.6) is 0 Å². The van der Waals surface area contributed by atoms with Crippen LogP contribution in [0.3, 0.4) is 0 Å². The summed E-state index contributed by atoms with van der Waals surface area (Å²) in [6.07, 6.45) is 0.730. The van der Waals surface area contributed by atoms with E-state index >= 15 is 0 Å². The minimum Gasteiger partial charge on any atom is -0.314 e. The molecule has 8 heteroatoms. The van der Waals surface area contributed by atoms with E-state index in [1.54, 1.807) is 16.8 Å². The van der Waals surface area contributed by atoms with Crippen LogP contribution in [0.4, 0.5) is 4.39 Å². The molecule has 4 rings (SSSR count). The number of aromatic nitrogens is 4. The maximum absolute atomic E-state index is 13.6. The smallest absolute Gasteiger partial charge is 0.157 e. The van der Waals surface area contributed by atoms with Crippen LogP contribution in [0.1, 0.15) is 17.4 Å². The van der Waals surface area contributed by atoms with Crippen LogP contribution in [0, 0.1) is 5.82 Å². The number of hydrogen-bond donors (Lipinski definition) is 1. The molecule has 0 aliphatic carbocycles. The van der Waals surface area contributed by atoms with Gasteiger partial charge in [-0.2, -0.15) is 4.68 Å². The van der Waals surface area contributed by atoms with Crippen molar-refractivity contribution in [2.45, 2.75) is 12.5 Å². The van der Waals surface area contributed by atoms with Gasteiger partial charge < -0.3 is 5.32 Å². The van der Waals surface area contributed by atoms with Gasteiger partial charge in [0.05, 0.1) is 5.69 Å². The van der Waals surface area contributed by atoms with E-state index in [0.29, 0.717) is 0 Å². The Bertz CT molecular complexity index is 856. The molecule has 1 aliphatic rings. The molecule has 0 radical (unpaired) electrons. The Morgan fingerprint density at radius 1 is 1.11 bits per heavy atom.